The van der Waals surface area contributed by atoms with Crippen molar-refractivity contribution in [3.8, 4) is 0 Å². The summed E-state index contributed by atoms with van der Waals surface area (Å²) in [6.07, 6.45) is 5.25. The number of nitrogens with one attached hydrogen (secondary N) is 1. The van der Waals surface area contributed by atoms with E-state index in [1.165, 1.54) is 12.7 Å². The van der Waals surface area contributed by atoms with Crippen LogP contribution in [0, 0.1) is 11.8 Å². The zero-order valence-corrected chi connectivity index (χ0v) is 9.22. The van der Waals surface area contributed by atoms with E-state index < -0.39 is 0 Å². The molecule has 0 radical (unpaired) electrons. The van der Waals surface area contributed by atoms with Gasteiger partial charge in [0.25, 0.3) is 0 Å². The van der Waals surface area contributed by atoms with Gasteiger partial charge in [-0.05, 0) is 31.7 Å². The van der Waals surface area contributed by atoms with Gasteiger partial charge in [0.15, 0.2) is 0 Å². The quantitative estimate of drug-likeness (QED) is 0.796. The lowest BCUT2D eigenvalue weighted by Gasteiger charge is -2.21. The number of carbonyl (C=O) groups excluding carboxylic acids is 1. The lowest BCUT2D eigenvalue weighted by Crippen LogP contribution is -2.45. The normalized spacial score (nSPS) is 33.4. The fourth-order valence-corrected chi connectivity index (χ4v) is 2.50. The minimum atomic E-state index is -0.0931. The Morgan fingerprint density at radius 1 is 1.50 bits per heavy atom. The smallest absolute Gasteiger partial charge is 0.304 e. The zero-order valence-electron chi connectivity index (χ0n) is 9.22. The van der Waals surface area contributed by atoms with Gasteiger partial charge in [-0.2, -0.15) is 0 Å². The Kier molecular flexibility index (Phi) is 2.21. The van der Waals surface area contributed by atoms with E-state index in [9.17, 15) is 4.79 Å². The van der Waals surface area contributed by atoms with Gasteiger partial charge in [0, 0.05) is 6.54 Å². The molecule has 0 aromatic carbocycles. The van der Waals surface area contributed by atoms with Gasteiger partial charge in [0.1, 0.15) is 6.26 Å². The summed E-state index contributed by atoms with van der Waals surface area (Å²) in [5, 5.41) is 3.08. The SMILES string of the molecule is CNC1CC2CC2CN(c2ncco2)C1=O. The van der Waals surface area contributed by atoms with E-state index in [4.69, 9.17) is 4.42 Å². The summed E-state index contributed by atoms with van der Waals surface area (Å²) >= 11 is 0. The van der Waals surface area contributed by atoms with E-state index in [2.05, 4.69) is 10.3 Å². The molecule has 3 atom stereocenters. The number of fused-ring (bicyclic) bond motifs is 1. The maximum atomic E-state index is 12.2. The molecule has 3 rings (SSSR count). The Bertz CT molecular complexity index is 390. The van der Waals surface area contributed by atoms with Crippen LogP contribution in [0.3, 0.4) is 0 Å². The van der Waals surface area contributed by atoms with Gasteiger partial charge >= 0.3 is 6.01 Å². The number of anilines is 1. The molecule has 16 heavy (non-hydrogen) atoms. The number of likely N-dealkylation sites (N-methyl/N-ethyl adjacent to an activating group) is 1. The number of amides is 1. The monoisotopic (exact) mass is 221 g/mol. The first-order valence-electron chi connectivity index (χ1n) is 5.67. The number of oxazole rings is 1. The van der Waals surface area contributed by atoms with Gasteiger partial charge in [0.05, 0.1) is 12.2 Å². The van der Waals surface area contributed by atoms with E-state index in [-0.39, 0.29) is 11.9 Å². The largest absolute Gasteiger partial charge is 0.432 e. The van der Waals surface area contributed by atoms with Crippen molar-refractivity contribution in [1.82, 2.24) is 10.3 Å². The molecule has 3 unspecified atom stereocenters. The topological polar surface area (TPSA) is 58.4 Å². The highest BCUT2D eigenvalue weighted by atomic mass is 16.4. The molecule has 1 saturated carbocycles. The van der Waals surface area contributed by atoms with Crippen molar-refractivity contribution >= 4 is 11.9 Å². The Morgan fingerprint density at radius 3 is 3.06 bits per heavy atom. The van der Waals surface area contributed by atoms with Crippen molar-refractivity contribution < 1.29 is 9.21 Å². The first kappa shape index (κ1) is 9.84. The third-order valence-electron chi connectivity index (χ3n) is 3.59. The lowest BCUT2D eigenvalue weighted by molar-refractivity contribution is -0.120. The standard InChI is InChI=1S/C11H15N3O2/c1-12-9-5-7-4-8(7)6-14(10(9)15)11-13-2-3-16-11/h2-3,7-9,12H,4-6H2,1H3. The number of hydrogen-bond acceptors (Lipinski definition) is 4. The highest BCUT2D eigenvalue weighted by Gasteiger charge is 2.46. The van der Waals surface area contributed by atoms with E-state index in [0.717, 1.165) is 13.0 Å². The molecule has 5 nitrogen and oxygen atoms in total. The summed E-state index contributed by atoms with van der Waals surface area (Å²) in [6, 6.07) is 0.335. The molecule has 1 N–H and O–H groups in total. The highest BCUT2D eigenvalue weighted by Crippen LogP contribution is 2.45. The molecule has 1 aromatic rings. The molecular formula is C11H15N3O2. The average molecular weight is 221 g/mol. The second-order valence-electron chi connectivity index (χ2n) is 4.60. The van der Waals surface area contributed by atoms with Crippen molar-refractivity contribution in [2.45, 2.75) is 18.9 Å². The second kappa shape index (κ2) is 3.59. The van der Waals surface area contributed by atoms with E-state index in [1.54, 1.807) is 11.1 Å². The van der Waals surface area contributed by atoms with E-state index in [1.807, 2.05) is 7.05 Å². The molecule has 1 amide bonds. The van der Waals surface area contributed by atoms with Crippen LogP contribution in [0.2, 0.25) is 0 Å². The highest BCUT2D eigenvalue weighted by molar-refractivity contribution is 5.95. The molecule has 1 saturated heterocycles. The summed E-state index contributed by atoms with van der Waals surface area (Å²) in [5.41, 5.74) is 0. The minimum Gasteiger partial charge on any atom is -0.432 e. The lowest BCUT2D eigenvalue weighted by atomic mass is 10.1. The van der Waals surface area contributed by atoms with Crippen LogP contribution in [-0.4, -0.2) is 30.5 Å². The molecule has 86 valence electrons. The Morgan fingerprint density at radius 2 is 2.38 bits per heavy atom. The number of hydrogen-bond donors (Lipinski definition) is 1. The zero-order chi connectivity index (χ0) is 11.1. The van der Waals surface area contributed by atoms with Crippen molar-refractivity contribution in [1.29, 1.82) is 0 Å². The van der Waals surface area contributed by atoms with E-state index in [0.29, 0.717) is 17.9 Å². The number of carbonyl (C=O) groups is 1. The summed E-state index contributed by atoms with van der Waals surface area (Å²) in [5.74, 6) is 1.41. The maximum Gasteiger partial charge on any atom is 0.304 e. The van der Waals surface area contributed by atoms with Gasteiger partial charge in [-0.3, -0.25) is 9.69 Å². The van der Waals surface area contributed by atoms with E-state index >= 15 is 0 Å². The molecule has 0 bridgehead atoms. The maximum absolute atomic E-state index is 12.2. The molecular weight excluding hydrogens is 206 g/mol. The van der Waals surface area contributed by atoms with Crippen LogP contribution in [0.15, 0.2) is 16.9 Å². The first-order chi connectivity index (χ1) is 7.79. The minimum absolute atomic E-state index is 0.0807. The van der Waals surface area contributed by atoms with Crippen LogP contribution in [0.4, 0.5) is 6.01 Å². The Labute approximate surface area is 93.8 Å². The average Bonchev–Trinajstić information content (AvgIpc) is 2.81. The predicted octanol–water partition coefficient (Wildman–Crippen LogP) is 0.635. The molecule has 2 heterocycles. The van der Waals surface area contributed by atoms with Crippen molar-refractivity contribution in [3.63, 3.8) is 0 Å². The van der Waals surface area contributed by atoms with Crippen LogP contribution in [0.1, 0.15) is 12.8 Å². The van der Waals surface area contributed by atoms with Gasteiger partial charge in [-0.15, -0.1) is 0 Å². The van der Waals surface area contributed by atoms with Crippen molar-refractivity contribution in [3.05, 3.63) is 12.5 Å². The van der Waals surface area contributed by atoms with Crippen LogP contribution in [-0.2, 0) is 4.79 Å². The first-order valence-corrected chi connectivity index (χ1v) is 5.67. The fraction of sp³-hybridized carbons (Fsp3) is 0.636. The van der Waals surface area contributed by atoms with Crippen LogP contribution in [0.25, 0.3) is 0 Å². The summed E-state index contributed by atoms with van der Waals surface area (Å²) in [7, 11) is 1.83. The van der Waals surface area contributed by atoms with Gasteiger partial charge < -0.3 is 9.73 Å². The van der Waals surface area contributed by atoms with Crippen LogP contribution < -0.4 is 10.2 Å². The van der Waals surface area contributed by atoms with Crippen molar-refractivity contribution in [2.24, 2.45) is 11.8 Å². The third-order valence-corrected chi connectivity index (χ3v) is 3.59. The van der Waals surface area contributed by atoms with Gasteiger partial charge in [0.2, 0.25) is 5.91 Å². The molecule has 1 aliphatic heterocycles. The molecule has 1 aromatic heterocycles. The molecule has 5 heteroatoms. The molecule has 2 aliphatic rings. The number of nitrogens with zero attached hydrogens (tertiary/aromatic N) is 2. The van der Waals surface area contributed by atoms with Crippen molar-refractivity contribution in [2.75, 3.05) is 18.5 Å². The van der Waals surface area contributed by atoms with Crippen LogP contribution >= 0.6 is 0 Å². The van der Waals surface area contributed by atoms with Crippen LogP contribution in [0.5, 0.6) is 0 Å². The second-order valence-corrected chi connectivity index (χ2v) is 4.60. The Balaban J connectivity index is 1.88. The summed E-state index contributed by atoms with van der Waals surface area (Å²) in [6.45, 7) is 0.752. The summed E-state index contributed by atoms with van der Waals surface area (Å²) < 4.78 is 5.22. The third kappa shape index (κ3) is 1.51. The molecule has 0 spiro atoms. The predicted molar refractivity (Wildman–Crippen MR) is 57.9 cm³/mol. The summed E-state index contributed by atoms with van der Waals surface area (Å²) in [4.78, 5) is 17.9. The van der Waals surface area contributed by atoms with Gasteiger partial charge in [-0.25, -0.2) is 4.98 Å². The fourth-order valence-electron chi connectivity index (χ4n) is 2.50. The number of aromatic nitrogens is 1. The number of rotatable bonds is 2. The Hall–Kier alpha value is -1.36. The van der Waals surface area contributed by atoms with Gasteiger partial charge in [-0.1, -0.05) is 0 Å². The molecule has 2 fully saturated rings. The molecule has 1 aliphatic carbocycles.